The Bertz CT molecular complexity index is 300. The van der Waals surface area contributed by atoms with Crippen molar-refractivity contribution in [3.05, 3.63) is 0 Å². The first kappa shape index (κ1) is 15.4. The molecule has 0 aromatic heterocycles. The highest BCUT2D eigenvalue weighted by Crippen LogP contribution is 2.06. The molecule has 96 valence electrons. The van der Waals surface area contributed by atoms with E-state index in [1.54, 1.807) is 6.92 Å². The Morgan fingerprint density at radius 2 is 1.94 bits per heavy atom. The van der Waals surface area contributed by atoms with Gasteiger partial charge in [-0.05, 0) is 6.42 Å². The van der Waals surface area contributed by atoms with E-state index in [2.05, 4.69) is 4.74 Å². The molecule has 0 amide bonds. The molecule has 0 aliphatic rings. The summed E-state index contributed by atoms with van der Waals surface area (Å²) in [6, 6.07) is 0. The van der Waals surface area contributed by atoms with Crippen molar-refractivity contribution in [3.8, 4) is 0 Å². The van der Waals surface area contributed by atoms with Crippen molar-refractivity contribution in [1.82, 2.24) is 4.31 Å². The van der Waals surface area contributed by atoms with Gasteiger partial charge in [0.1, 0.15) is 0 Å². The van der Waals surface area contributed by atoms with Crippen molar-refractivity contribution in [3.63, 3.8) is 0 Å². The van der Waals surface area contributed by atoms with Gasteiger partial charge in [0.15, 0.2) is 0 Å². The number of ether oxygens (including phenoxy) is 1. The Morgan fingerprint density at radius 3 is 2.38 bits per heavy atom. The Hall–Kier alpha value is -0.620. The van der Waals surface area contributed by atoms with Crippen LogP contribution in [0.2, 0.25) is 0 Å². The number of hydrogen-bond acceptors (Lipinski definition) is 4. The summed E-state index contributed by atoms with van der Waals surface area (Å²) in [6.45, 7) is 4.30. The molecule has 5 nitrogen and oxygen atoms in total. The molecule has 0 unspecified atom stereocenters. The highest BCUT2D eigenvalue weighted by atomic mass is 32.2. The molecule has 0 spiro atoms. The quantitative estimate of drug-likeness (QED) is 0.604. The van der Waals surface area contributed by atoms with Crippen LogP contribution in [0.1, 0.15) is 33.1 Å². The van der Waals surface area contributed by atoms with Crippen LogP contribution in [0.15, 0.2) is 0 Å². The number of unbranched alkanes of at least 4 members (excludes halogenated alkanes) is 1. The summed E-state index contributed by atoms with van der Waals surface area (Å²) in [5.74, 6) is -0.234. The van der Waals surface area contributed by atoms with E-state index in [1.807, 2.05) is 6.92 Å². The third-order valence-electron chi connectivity index (χ3n) is 2.29. The lowest BCUT2D eigenvalue weighted by Gasteiger charge is -2.19. The molecule has 0 bridgehead atoms. The van der Waals surface area contributed by atoms with E-state index in [-0.39, 0.29) is 24.7 Å². The lowest BCUT2D eigenvalue weighted by atomic mass is 10.4. The Balaban J connectivity index is 4.31. The fourth-order valence-corrected chi connectivity index (χ4v) is 2.94. The maximum atomic E-state index is 11.8. The van der Waals surface area contributed by atoms with Crippen LogP contribution in [0.4, 0.5) is 0 Å². The van der Waals surface area contributed by atoms with Gasteiger partial charge in [-0.15, -0.1) is 0 Å². The second kappa shape index (κ2) is 7.62. The number of sulfonamides is 1. The fraction of sp³-hybridized carbons (Fsp3) is 0.900. The number of rotatable bonds is 8. The van der Waals surface area contributed by atoms with Crippen molar-refractivity contribution in [2.45, 2.75) is 33.1 Å². The highest BCUT2D eigenvalue weighted by Gasteiger charge is 2.20. The summed E-state index contributed by atoms with van der Waals surface area (Å²) in [4.78, 5) is 10.9. The van der Waals surface area contributed by atoms with Gasteiger partial charge in [0.2, 0.25) is 10.0 Å². The molecule has 0 heterocycles. The van der Waals surface area contributed by atoms with Gasteiger partial charge >= 0.3 is 5.97 Å². The van der Waals surface area contributed by atoms with Crippen LogP contribution in [0.25, 0.3) is 0 Å². The van der Waals surface area contributed by atoms with E-state index in [0.29, 0.717) is 13.0 Å². The molecule has 0 saturated carbocycles. The molecule has 0 aromatic carbocycles. The Morgan fingerprint density at radius 1 is 1.31 bits per heavy atom. The third-order valence-corrected chi connectivity index (χ3v) is 4.33. The zero-order valence-corrected chi connectivity index (χ0v) is 11.0. The summed E-state index contributed by atoms with van der Waals surface area (Å²) in [5, 5.41) is 0. The van der Waals surface area contributed by atoms with Gasteiger partial charge < -0.3 is 4.74 Å². The van der Waals surface area contributed by atoms with Crippen molar-refractivity contribution in [2.75, 3.05) is 26.0 Å². The van der Waals surface area contributed by atoms with Gasteiger partial charge in [-0.3, -0.25) is 4.79 Å². The minimum Gasteiger partial charge on any atom is -0.469 e. The van der Waals surface area contributed by atoms with Crippen molar-refractivity contribution in [1.29, 1.82) is 0 Å². The molecule has 0 N–H and O–H groups in total. The lowest BCUT2D eigenvalue weighted by Crippen LogP contribution is -2.34. The standard InChI is InChI=1S/C10H21NO4S/c1-4-6-9-16(13,14)11(5-2)8-7-10(12)15-3/h4-9H2,1-3H3. The summed E-state index contributed by atoms with van der Waals surface area (Å²) in [6.07, 6.45) is 1.60. The summed E-state index contributed by atoms with van der Waals surface area (Å²) in [5.41, 5.74) is 0. The molecule has 0 fully saturated rings. The third kappa shape index (κ3) is 5.46. The molecule has 6 heteroatoms. The monoisotopic (exact) mass is 251 g/mol. The summed E-state index contributed by atoms with van der Waals surface area (Å²) < 4.78 is 29.4. The fourth-order valence-electron chi connectivity index (χ4n) is 1.27. The van der Waals surface area contributed by atoms with E-state index >= 15 is 0 Å². The predicted octanol–water partition coefficient (Wildman–Crippen LogP) is 1.00. The van der Waals surface area contributed by atoms with Crippen LogP contribution < -0.4 is 0 Å². The van der Waals surface area contributed by atoms with E-state index < -0.39 is 10.0 Å². The minimum atomic E-state index is -3.21. The second-order valence-electron chi connectivity index (χ2n) is 3.49. The van der Waals surface area contributed by atoms with Crippen molar-refractivity contribution >= 4 is 16.0 Å². The molecule has 0 saturated heterocycles. The molecule has 0 aromatic rings. The number of esters is 1. The van der Waals surface area contributed by atoms with Gasteiger partial charge in [0, 0.05) is 13.1 Å². The van der Waals surface area contributed by atoms with Gasteiger partial charge in [0.25, 0.3) is 0 Å². The number of nitrogens with zero attached hydrogens (tertiary/aromatic N) is 1. The molecule has 0 aliphatic heterocycles. The van der Waals surface area contributed by atoms with E-state index in [1.165, 1.54) is 11.4 Å². The maximum absolute atomic E-state index is 11.8. The van der Waals surface area contributed by atoms with Gasteiger partial charge in [0.05, 0.1) is 19.3 Å². The van der Waals surface area contributed by atoms with Crippen LogP contribution in [-0.2, 0) is 19.6 Å². The molecule has 0 atom stereocenters. The zero-order valence-electron chi connectivity index (χ0n) is 10.2. The van der Waals surface area contributed by atoms with Gasteiger partial charge in [-0.1, -0.05) is 20.3 Å². The largest absolute Gasteiger partial charge is 0.469 e. The van der Waals surface area contributed by atoms with Gasteiger partial charge in [-0.25, -0.2) is 12.7 Å². The first-order chi connectivity index (χ1) is 7.47. The average Bonchev–Trinajstić information content (AvgIpc) is 2.26. The molecular weight excluding hydrogens is 230 g/mol. The van der Waals surface area contributed by atoms with Gasteiger partial charge in [-0.2, -0.15) is 0 Å². The first-order valence-electron chi connectivity index (χ1n) is 5.52. The van der Waals surface area contributed by atoms with Crippen molar-refractivity contribution in [2.24, 2.45) is 0 Å². The van der Waals surface area contributed by atoms with Crippen molar-refractivity contribution < 1.29 is 17.9 Å². The van der Waals surface area contributed by atoms with E-state index in [4.69, 9.17) is 0 Å². The van der Waals surface area contributed by atoms with Crippen LogP contribution in [-0.4, -0.2) is 44.6 Å². The van der Waals surface area contributed by atoms with Crippen LogP contribution in [0.5, 0.6) is 0 Å². The summed E-state index contributed by atoms with van der Waals surface area (Å²) >= 11 is 0. The average molecular weight is 251 g/mol. The Kier molecular flexibility index (Phi) is 7.33. The second-order valence-corrected chi connectivity index (χ2v) is 5.58. The topological polar surface area (TPSA) is 63.7 Å². The predicted molar refractivity (Wildman–Crippen MR) is 62.6 cm³/mol. The molecule has 0 aliphatic carbocycles. The molecule has 0 radical (unpaired) electrons. The van der Waals surface area contributed by atoms with Crippen LogP contribution in [0, 0.1) is 0 Å². The minimum absolute atomic E-state index is 0.107. The normalized spacial score (nSPS) is 11.8. The molecule has 0 rings (SSSR count). The first-order valence-corrected chi connectivity index (χ1v) is 7.13. The Labute approximate surface area is 97.8 Å². The number of carbonyl (C=O) groups excluding carboxylic acids is 1. The van der Waals surface area contributed by atoms with Crippen LogP contribution >= 0.6 is 0 Å². The number of methoxy groups -OCH3 is 1. The highest BCUT2D eigenvalue weighted by molar-refractivity contribution is 7.89. The van der Waals surface area contributed by atoms with E-state index in [0.717, 1.165) is 6.42 Å². The SMILES string of the molecule is CCCCS(=O)(=O)N(CC)CCC(=O)OC. The number of hydrogen-bond donors (Lipinski definition) is 0. The lowest BCUT2D eigenvalue weighted by molar-refractivity contribution is -0.140. The smallest absolute Gasteiger partial charge is 0.306 e. The number of carbonyl (C=O) groups is 1. The van der Waals surface area contributed by atoms with Crippen LogP contribution in [0.3, 0.4) is 0 Å². The summed E-state index contributed by atoms with van der Waals surface area (Å²) in [7, 11) is -1.92. The van der Waals surface area contributed by atoms with E-state index in [9.17, 15) is 13.2 Å². The molecule has 16 heavy (non-hydrogen) atoms. The molecular formula is C10H21NO4S. The zero-order chi connectivity index (χ0) is 12.6. The maximum Gasteiger partial charge on any atom is 0.306 e.